The van der Waals surface area contributed by atoms with Gasteiger partial charge in [-0.25, -0.2) is 0 Å². The number of fused-ring (bicyclic) bond motifs is 1. The van der Waals surface area contributed by atoms with Crippen molar-refractivity contribution in [2.75, 3.05) is 19.7 Å². The van der Waals surface area contributed by atoms with Gasteiger partial charge < -0.3 is 19.9 Å². The maximum atomic E-state index is 12.7. The minimum atomic E-state index is -0.297. The molecule has 7 heteroatoms. The Bertz CT molecular complexity index is 956. The van der Waals surface area contributed by atoms with Crippen molar-refractivity contribution in [2.24, 2.45) is 0 Å². The molecule has 4 rings (SSSR count). The maximum absolute atomic E-state index is 12.7. The van der Waals surface area contributed by atoms with Crippen molar-refractivity contribution >= 4 is 17.7 Å². The lowest BCUT2D eigenvalue weighted by molar-refractivity contribution is -0.154. The quantitative estimate of drug-likeness (QED) is 0.744. The Kier molecular flexibility index (Phi) is 6.21. The van der Waals surface area contributed by atoms with Gasteiger partial charge in [0.15, 0.2) is 0 Å². The third kappa shape index (κ3) is 4.71. The number of nitrogens with one attached hydrogen (secondary N) is 1. The van der Waals surface area contributed by atoms with Gasteiger partial charge in [0.2, 0.25) is 11.8 Å². The molecule has 1 N–H and O–H groups in total. The van der Waals surface area contributed by atoms with Crippen molar-refractivity contribution in [3.05, 3.63) is 65.2 Å². The van der Waals surface area contributed by atoms with Crippen molar-refractivity contribution in [3.8, 4) is 5.75 Å². The van der Waals surface area contributed by atoms with E-state index in [4.69, 9.17) is 4.74 Å². The number of nitrogens with zero attached hydrogens (tertiary/aromatic N) is 2. The zero-order chi connectivity index (χ0) is 21.8. The van der Waals surface area contributed by atoms with Gasteiger partial charge in [-0.2, -0.15) is 0 Å². The van der Waals surface area contributed by atoms with E-state index in [1.807, 2.05) is 43.3 Å². The van der Waals surface area contributed by atoms with Crippen LogP contribution in [0.3, 0.4) is 0 Å². The highest BCUT2D eigenvalue weighted by Crippen LogP contribution is 2.24. The third-order valence-electron chi connectivity index (χ3n) is 5.77. The van der Waals surface area contributed by atoms with Gasteiger partial charge in [-0.05, 0) is 55.2 Å². The SMILES string of the molecule is CCOc1ccc(CNC(=O)c2ccc(CN3CC(=O)N4CCCC4C3=O)cc2)cc1. The van der Waals surface area contributed by atoms with Crippen LogP contribution in [0.4, 0.5) is 0 Å². The second-order valence-corrected chi connectivity index (χ2v) is 7.90. The van der Waals surface area contributed by atoms with Gasteiger partial charge in [0.1, 0.15) is 18.3 Å². The Morgan fingerprint density at radius 1 is 1.06 bits per heavy atom. The van der Waals surface area contributed by atoms with Crippen LogP contribution in [0.2, 0.25) is 0 Å². The summed E-state index contributed by atoms with van der Waals surface area (Å²) < 4.78 is 5.42. The number of piperazine rings is 1. The Hall–Kier alpha value is -3.35. The van der Waals surface area contributed by atoms with Crippen LogP contribution in [-0.4, -0.2) is 53.3 Å². The third-order valence-corrected chi connectivity index (χ3v) is 5.77. The largest absolute Gasteiger partial charge is 0.494 e. The number of ether oxygens (including phenoxy) is 1. The summed E-state index contributed by atoms with van der Waals surface area (Å²) in [5.74, 6) is 0.690. The van der Waals surface area contributed by atoms with Crippen molar-refractivity contribution in [2.45, 2.75) is 38.9 Å². The molecule has 2 aromatic rings. The molecule has 1 atom stereocenters. The first kappa shape index (κ1) is 20.9. The number of benzene rings is 2. The fourth-order valence-corrected chi connectivity index (χ4v) is 4.14. The predicted octanol–water partition coefficient (Wildman–Crippen LogP) is 2.35. The Morgan fingerprint density at radius 3 is 2.48 bits per heavy atom. The van der Waals surface area contributed by atoms with E-state index in [1.54, 1.807) is 21.9 Å². The van der Waals surface area contributed by atoms with Crippen LogP contribution in [-0.2, 0) is 22.7 Å². The van der Waals surface area contributed by atoms with Crippen molar-refractivity contribution in [1.82, 2.24) is 15.1 Å². The van der Waals surface area contributed by atoms with E-state index >= 15 is 0 Å². The van der Waals surface area contributed by atoms with Gasteiger partial charge in [-0.3, -0.25) is 14.4 Å². The fourth-order valence-electron chi connectivity index (χ4n) is 4.14. The van der Waals surface area contributed by atoms with Crippen LogP contribution >= 0.6 is 0 Å². The molecule has 0 aromatic heterocycles. The second kappa shape index (κ2) is 9.20. The number of amides is 3. The first-order valence-corrected chi connectivity index (χ1v) is 10.7. The highest BCUT2D eigenvalue weighted by Gasteiger charge is 2.41. The van der Waals surface area contributed by atoms with Crippen LogP contribution in [0, 0.1) is 0 Å². The highest BCUT2D eigenvalue weighted by molar-refractivity contribution is 5.95. The monoisotopic (exact) mass is 421 g/mol. The molecule has 7 nitrogen and oxygen atoms in total. The molecule has 31 heavy (non-hydrogen) atoms. The molecule has 2 aliphatic heterocycles. The molecule has 2 aliphatic rings. The lowest BCUT2D eigenvalue weighted by atomic mass is 10.1. The summed E-state index contributed by atoms with van der Waals surface area (Å²) in [4.78, 5) is 40.7. The van der Waals surface area contributed by atoms with E-state index in [2.05, 4.69) is 5.32 Å². The predicted molar refractivity (Wildman–Crippen MR) is 115 cm³/mol. The van der Waals surface area contributed by atoms with E-state index in [1.165, 1.54) is 0 Å². The molecule has 0 spiro atoms. The molecule has 2 heterocycles. The fraction of sp³-hybridized carbons (Fsp3) is 0.375. The van der Waals surface area contributed by atoms with Gasteiger partial charge in [0.05, 0.1) is 6.61 Å². The van der Waals surface area contributed by atoms with Crippen molar-refractivity contribution in [1.29, 1.82) is 0 Å². The average molecular weight is 421 g/mol. The minimum Gasteiger partial charge on any atom is -0.494 e. The molecule has 0 aliphatic carbocycles. The lowest BCUT2D eigenvalue weighted by Gasteiger charge is -2.36. The summed E-state index contributed by atoms with van der Waals surface area (Å²) in [6.07, 6.45) is 1.63. The van der Waals surface area contributed by atoms with Gasteiger partial charge in [-0.1, -0.05) is 24.3 Å². The second-order valence-electron chi connectivity index (χ2n) is 7.90. The molecule has 2 saturated heterocycles. The normalized spacial score (nSPS) is 18.2. The number of carbonyl (C=O) groups excluding carboxylic acids is 3. The summed E-state index contributed by atoms with van der Waals surface area (Å²) in [7, 11) is 0. The zero-order valence-electron chi connectivity index (χ0n) is 17.7. The summed E-state index contributed by atoms with van der Waals surface area (Å²) in [5, 5.41) is 2.91. The first-order valence-electron chi connectivity index (χ1n) is 10.7. The number of rotatable bonds is 7. The lowest BCUT2D eigenvalue weighted by Crippen LogP contribution is -2.56. The van der Waals surface area contributed by atoms with Crippen molar-refractivity contribution < 1.29 is 19.1 Å². The summed E-state index contributed by atoms with van der Waals surface area (Å²) in [6.45, 7) is 4.17. The highest BCUT2D eigenvalue weighted by atomic mass is 16.5. The van der Waals surface area contributed by atoms with Crippen molar-refractivity contribution in [3.63, 3.8) is 0 Å². The smallest absolute Gasteiger partial charge is 0.251 e. The van der Waals surface area contributed by atoms with Gasteiger partial charge >= 0.3 is 0 Å². The average Bonchev–Trinajstić information content (AvgIpc) is 3.28. The maximum Gasteiger partial charge on any atom is 0.251 e. The van der Waals surface area contributed by atoms with Crippen LogP contribution in [0.15, 0.2) is 48.5 Å². The van der Waals surface area contributed by atoms with E-state index in [0.29, 0.717) is 31.8 Å². The molecule has 0 bridgehead atoms. The number of carbonyl (C=O) groups is 3. The molecule has 162 valence electrons. The molecule has 0 radical (unpaired) electrons. The van der Waals surface area contributed by atoms with Crippen LogP contribution in [0.25, 0.3) is 0 Å². The first-order chi connectivity index (χ1) is 15.0. The number of hydrogen-bond acceptors (Lipinski definition) is 4. The number of hydrogen-bond donors (Lipinski definition) is 1. The van der Waals surface area contributed by atoms with E-state index in [9.17, 15) is 14.4 Å². The molecule has 3 amide bonds. The van der Waals surface area contributed by atoms with Gasteiger partial charge in [-0.15, -0.1) is 0 Å². The summed E-state index contributed by atoms with van der Waals surface area (Å²) in [6, 6.07) is 14.5. The molecule has 0 saturated carbocycles. The topological polar surface area (TPSA) is 79.0 Å². The Morgan fingerprint density at radius 2 is 1.77 bits per heavy atom. The van der Waals surface area contributed by atoms with Gasteiger partial charge in [0, 0.05) is 25.2 Å². The Labute approximate surface area is 182 Å². The Balaban J connectivity index is 1.32. The van der Waals surface area contributed by atoms with E-state index < -0.39 is 0 Å². The zero-order valence-corrected chi connectivity index (χ0v) is 17.7. The summed E-state index contributed by atoms with van der Waals surface area (Å²) in [5.41, 5.74) is 2.44. The molecular formula is C24H27N3O4. The standard InChI is InChI=1S/C24H27N3O4/c1-2-31-20-11-7-17(8-12-20)14-25-23(29)19-9-5-18(6-10-19)15-26-16-22(28)27-13-3-4-21(27)24(26)30/h5-12,21H,2-4,13-16H2,1H3,(H,25,29). The van der Waals surface area contributed by atoms with Crippen LogP contribution in [0.1, 0.15) is 41.3 Å². The summed E-state index contributed by atoms with van der Waals surface area (Å²) >= 11 is 0. The molecule has 2 fully saturated rings. The van der Waals surface area contributed by atoms with E-state index in [0.717, 1.165) is 29.7 Å². The molecule has 2 aromatic carbocycles. The van der Waals surface area contributed by atoms with Crippen LogP contribution < -0.4 is 10.1 Å². The minimum absolute atomic E-state index is 0.0207. The van der Waals surface area contributed by atoms with Gasteiger partial charge in [0.25, 0.3) is 5.91 Å². The van der Waals surface area contributed by atoms with E-state index in [-0.39, 0.29) is 30.3 Å². The molecule has 1 unspecified atom stereocenters. The molecular weight excluding hydrogens is 394 g/mol. The van der Waals surface area contributed by atoms with Crippen LogP contribution in [0.5, 0.6) is 5.75 Å².